The van der Waals surface area contributed by atoms with Crippen molar-refractivity contribution in [1.82, 2.24) is 16.0 Å². The van der Waals surface area contributed by atoms with Crippen molar-refractivity contribution in [1.29, 1.82) is 0 Å². The fourth-order valence-corrected chi connectivity index (χ4v) is 1.90. The summed E-state index contributed by atoms with van der Waals surface area (Å²) in [5.41, 5.74) is -0.559. The molecule has 10 heteroatoms. The average Bonchev–Trinajstić information content (AvgIpc) is 2.59. The van der Waals surface area contributed by atoms with E-state index in [1.165, 1.54) is 0 Å². The maximum Gasteiger partial charge on any atom is 0.407 e. The highest BCUT2D eigenvalue weighted by Gasteiger charge is 2.20. The highest BCUT2D eigenvalue weighted by atomic mass is 16.6. The molecule has 1 atom stereocenters. The molecule has 0 fully saturated rings. The summed E-state index contributed by atoms with van der Waals surface area (Å²) in [6.45, 7) is 8.31. The van der Waals surface area contributed by atoms with Gasteiger partial charge in [-0.15, -0.1) is 0 Å². The number of alkyl carbamates (subject to hydrolysis) is 2. The Morgan fingerprint density at radius 2 is 1.64 bits per heavy atom. The number of unbranched alkanes of at least 4 members (excludes halogenated alkanes) is 1. The molecule has 0 aromatic heterocycles. The molecule has 0 aromatic carbocycles. The molecule has 4 N–H and O–H groups in total. The first-order valence-corrected chi connectivity index (χ1v) is 9.56. The molecule has 0 radical (unpaired) electrons. The summed E-state index contributed by atoms with van der Waals surface area (Å²) < 4.78 is 15.3. The molecular formula is C18H35N3O7. The van der Waals surface area contributed by atoms with Gasteiger partial charge in [0.05, 0.1) is 19.8 Å². The SMILES string of the molecule is CCCCOC(=O)N[C@@H](CCO)C(=O)NCCOCCNC(=O)OC(C)(C)C. The Hall–Kier alpha value is -2.07. The highest BCUT2D eigenvalue weighted by Crippen LogP contribution is 2.06. The molecule has 0 aliphatic heterocycles. The number of nitrogens with one attached hydrogen (secondary N) is 3. The fraction of sp³-hybridized carbons (Fsp3) is 0.833. The van der Waals surface area contributed by atoms with Crippen molar-refractivity contribution >= 4 is 18.1 Å². The van der Waals surface area contributed by atoms with Crippen LogP contribution in [0, 0.1) is 0 Å². The van der Waals surface area contributed by atoms with Gasteiger partial charge in [-0.25, -0.2) is 9.59 Å². The van der Waals surface area contributed by atoms with E-state index in [9.17, 15) is 14.4 Å². The minimum Gasteiger partial charge on any atom is -0.450 e. The zero-order valence-electron chi connectivity index (χ0n) is 17.3. The van der Waals surface area contributed by atoms with Crippen LogP contribution in [0.25, 0.3) is 0 Å². The third kappa shape index (κ3) is 15.0. The van der Waals surface area contributed by atoms with Crippen molar-refractivity contribution in [3.05, 3.63) is 0 Å². The summed E-state index contributed by atoms with van der Waals surface area (Å²) in [5.74, 6) is -0.433. The van der Waals surface area contributed by atoms with Crippen LogP contribution in [0.15, 0.2) is 0 Å². The smallest absolute Gasteiger partial charge is 0.407 e. The van der Waals surface area contributed by atoms with Gasteiger partial charge in [0.2, 0.25) is 5.91 Å². The van der Waals surface area contributed by atoms with E-state index >= 15 is 0 Å². The molecule has 0 aliphatic rings. The quantitative estimate of drug-likeness (QED) is 0.335. The van der Waals surface area contributed by atoms with Crippen molar-refractivity contribution in [2.45, 2.75) is 58.6 Å². The number of rotatable bonds is 13. The molecule has 0 bridgehead atoms. The van der Waals surface area contributed by atoms with Crippen LogP contribution in [-0.4, -0.2) is 74.4 Å². The first kappa shape index (κ1) is 25.9. The van der Waals surface area contributed by atoms with Crippen molar-refractivity contribution < 1.29 is 33.7 Å². The van der Waals surface area contributed by atoms with E-state index in [0.717, 1.165) is 12.8 Å². The normalized spacial score (nSPS) is 12.0. The van der Waals surface area contributed by atoms with Crippen LogP contribution in [0.2, 0.25) is 0 Å². The van der Waals surface area contributed by atoms with Gasteiger partial charge in [-0.2, -0.15) is 0 Å². The van der Waals surface area contributed by atoms with Gasteiger partial charge >= 0.3 is 12.2 Å². The third-order valence-corrected chi connectivity index (χ3v) is 3.22. The lowest BCUT2D eigenvalue weighted by atomic mass is 10.2. The number of aliphatic hydroxyl groups is 1. The molecule has 0 unspecified atom stereocenters. The van der Waals surface area contributed by atoms with Gasteiger partial charge in [0.25, 0.3) is 0 Å². The molecule has 0 saturated carbocycles. The van der Waals surface area contributed by atoms with Crippen LogP contribution in [0.3, 0.4) is 0 Å². The van der Waals surface area contributed by atoms with E-state index in [-0.39, 0.29) is 45.9 Å². The summed E-state index contributed by atoms with van der Waals surface area (Å²) in [6, 6.07) is -0.882. The number of carbonyl (C=O) groups excluding carboxylic acids is 3. The number of carbonyl (C=O) groups is 3. The van der Waals surface area contributed by atoms with Gasteiger partial charge in [-0.1, -0.05) is 13.3 Å². The van der Waals surface area contributed by atoms with Crippen molar-refractivity contribution in [2.24, 2.45) is 0 Å². The molecule has 0 spiro atoms. The van der Waals surface area contributed by atoms with Gasteiger partial charge in [0.15, 0.2) is 0 Å². The number of hydrogen-bond acceptors (Lipinski definition) is 7. The minimum atomic E-state index is -0.882. The summed E-state index contributed by atoms with van der Waals surface area (Å²) >= 11 is 0. The van der Waals surface area contributed by atoms with Crippen molar-refractivity contribution in [3.63, 3.8) is 0 Å². The minimum absolute atomic E-state index is 0.0787. The average molecular weight is 405 g/mol. The largest absolute Gasteiger partial charge is 0.450 e. The topological polar surface area (TPSA) is 135 Å². The van der Waals surface area contributed by atoms with E-state index in [0.29, 0.717) is 0 Å². The van der Waals surface area contributed by atoms with Crippen molar-refractivity contribution in [3.8, 4) is 0 Å². The Morgan fingerprint density at radius 3 is 2.21 bits per heavy atom. The number of hydrogen-bond donors (Lipinski definition) is 4. The number of amides is 3. The first-order chi connectivity index (χ1) is 13.2. The van der Waals surface area contributed by atoms with Crippen LogP contribution in [0.5, 0.6) is 0 Å². The second-order valence-corrected chi connectivity index (χ2v) is 7.03. The third-order valence-electron chi connectivity index (χ3n) is 3.22. The standard InChI is InChI=1S/C18H35N3O7/c1-5-6-11-27-17(25)21-14(7-10-22)15(23)19-8-12-26-13-9-20-16(24)28-18(2,3)4/h14,22H,5-13H2,1-4H3,(H,19,23)(H,20,24)(H,21,25)/t14-/m0/s1. The van der Waals surface area contributed by atoms with Crippen LogP contribution in [-0.2, 0) is 19.0 Å². The second-order valence-electron chi connectivity index (χ2n) is 7.03. The lowest BCUT2D eigenvalue weighted by Crippen LogP contribution is -2.48. The summed E-state index contributed by atoms with van der Waals surface area (Å²) in [5, 5.41) is 16.7. The molecule has 28 heavy (non-hydrogen) atoms. The number of aliphatic hydroxyl groups excluding tert-OH is 1. The molecule has 0 aromatic rings. The predicted octanol–water partition coefficient (Wildman–Crippen LogP) is 0.921. The molecule has 164 valence electrons. The maximum absolute atomic E-state index is 12.1. The Morgan fingerprint density at radius 1 is 1.00 bits per heavy atom. The molecule has 0 heterocycles. The Labute approximate surface area is 166 Å². The van der Waals surface area contributed by atoms with Crippen LogP contribution in [0.4, 0.5) is 9.59 Å². The van der Waals surface area contributed by atoms with E-state index in [1.54, 1.807) is 20.8 Å². The van der Waals surface area contributed by atoms with Gasteiger partial charge in [-0.05, 0) is 33.6 Å². The van der Waals surface area contributed by atoms with Crippen LogP contribution in [0.1, 0.15) is 47.0 Å². The fourth-order valence-electron chi connectivity index (χ4n) is 1.90. The summed E-state index contributed by atoms with van der Waals surface area (Å²) in [4.78, 5) is 35.2. The second kappa shape index (κ2) is 14.9. The van der Waals surface area contributed by atoms with Crippen LogP contribution >= 0.6 is 0 Å². The lowest BCUT2D eigenvalue weighted by molar-refractivity contribution is -0.123. The van der Waals surface area contributed by atoms with Gasteiger partial charge in [0, 0.05) is 19.7 Å². The monoisotopic (exact) mass is 405 g/mol. The highest BCUT2D eigenvalue weighted by molar-refractivity contribution is 5.85. The Balaban J connectivity index is 3.93. The van der Waals surface area contributed by atoms with Crippen molar-refractivity contribution in [2.75, 3.05) is 39.5 Å². The molecule has 10 nitrogen and oxygen atoms in total. The molecule has 3 amide bonds. The first-order valence-electron chi connectivity index (χ1n) is 9.56. The van der Waals surface area contributed by atoms with E-state index in [1.807, 2.05) is 6.92 Å². The Kier molecular flexibility index (Phi) is 13.8. The molecular weight excluding hydrogens is 370 g/mol. The summed E-state index contributed by atoms with van der Waals surface area (Å²) in [7, 11) is 0. The van der Waals surface area contributed by atoms with Gasteiger partial charge < -0.3 is 35.3 Å². The van der Waals surface area contributed by atoms with Crippen LogP contribution < -0.4 is 16.0 Å². The molecule has 0 saturated heterocycles. The zero-order valence-corrected chi connectivity index (χ0v) is 17.3. The Bertz CT molecular complexity index is 467. The lowest BCUT2D eigenvalue weighted by Gasteiger charge is -2.19. The van der Waals surface area contributed by atoms with Gasteiger partial charge in [-0.3, -0.25) is 4.79 Å². The summed E-state index contributed by atoms with van der Waals surface area (Å²) in [6.07, 6.45) is 0.501. The predicted molar refractivity (Wildman–Crippen MR) is 103 cm³/mol. The zero-order chi connectivity index (χ0) is 21.4. The molecule has 0 rings (SSSR count). The van der Waals surface area contributed by atoms with Gasteiger partial charge in [0.1, 0.15) is 11.6 Å². The van der Waals surface area contributed by atoms with E-state index < -0.39 is 29.7 Å². The van der Waals surface area contributed by atoms with E-state index in [4.69, 9.17) is 19.3 Å². The number of ether oxygens (including phenoxy) is 3. The van der Waals surface area contributed by atoms with E-state index in [2.05, 4.69) is 16.0 Å². The maximum atomic E-state index is 12.1. The molecule has 0 aliphatic carbocycles.